The van der Waals surface area contributed by atoms with E-state index in [0.29, 0.717) is 24.4 Å². The Hall–Kier alpha value is -2.63. The molecule has 1 aliphatic carbocycles. The molecule has 1 saturated carbocycles. The Morgan fingerprint density at radius 2 is 1.86 bits per heavy atom. The van der Waals surface area contributed by atoms with Gasteiger partial charge in [-0.3, -0.25) is 9.59 Å². The van der Waals surface area contributed by atoms with Crippen molar-refractivity contribution in [1.29, 1.82) is 0 Å². The van der Waals surface area contributed by atoms with Crippen LogP contribution in [-0.2, 0) is 4.79 Å². The Balaban J connectivity index is 1.46. The summed E-state index contributed by atoms with van der Waals surface area (Å²) in [5, 5.41) is 5.58. The van der Waals surface area contributed by atoms with Crippen LogP contribution < -0.4 is 10.6 Å². The van der Waals surface area contributed by atoms with Crippen molar-refractivity contribution in [1.82, 2.24) is 15.6 Å². The molecule has 1 aromatic heterocycles. The van der Waals surface area contributed by atoms with Crippen LogP contribution >= 0.6 is 0 Å². The number of nitrogens with one attached hydrogen (secondary N) is 2. The van der Waals surface area contributed by atoms with Gasteiger partial charge < -0.3 is 15.1 Å². The molecule has 0 atom stereocenters. The fraction of sp³-hybridized carbons (Fsp3) is 0.312. The highest BCUT2D eigenvalue weighted by molar-refractivity contribution is 5.94. The quantitative estimate of drug-likeness (QED) is 0.793. The molecule has 0 radical (unpaired) electrons. The minimum absolute atomic E-state index is 0.0886. The van der Waals surface area contributed by atoms with Crippen LogP contribution in [0, 0.1) is 5.92 Å². The van der Waals surface area contributed by atoms with Gasteiger partial charge in [0.2, 0.25) is 5.91 Å². The number of aromatic nitrogens is 1. The van der Waals surface area contributed by atoms with Crippen LogP contribution in [0.2, 0.25) is 0 Å². The zero-order chi connectivity index (χ0) is 15.4. The SMILES string of the molecule is O=C(NCCNC(=O)C1CC1)c1ccc(-c2cnco2)cc1. The Morgan fingerprint density at radius 1 is 1.14 bits per heavy atom. The fourth-order valence-electron chi connectivity index (χ4n) is 2.10. The van der Waals surface area contributed by atoms with E-state index < -0.39 is 0 Å². The summed E-state index contributed by atoms with van der Waals surface area (Å²) in [6, 6.07) is 7.08. The summed E-state index contributed by atoms with van der Waals surface area (Å²) in [4.78, 5) is 27.3. The minimum Gasteiger partial charge on any atom is -0.444 e. The molecular formula is C16H17N3O3. The first-order chi connectivity index (χ1) is 10.7. The van der Waals surface area contributed by atoms with E-state index >= 15 is 0 Å². The van der Waals surface area contributed by atoms with Crippen LogP contribution in [0.1, 0.15) is 23.2 Å². The molecule has 0 bridgehead atoms. The van der Waals surface area contributed by atoms with Gasteiger partial charge in [0.1, 0.15) is 0 Å². The van der Waals surface area contributed by atoms with Gasteiger partial charge in [-0.05, 0) is 25.0 Å². The lowest BCUT2D eigenvalue weighted by molar-refractivity contribution is -0.122. The molecule has 0 unspecified atom stereocenters. The second kappa shape index (κ2) is 6.43. The number of hydrogen-bond acceptors (Lipinski definition) is 4. The van der Waals surface area contributed by atoms with Gasteiger partial charge >= 0.3 is 0 Å². The molecule has 1 aliphatic rings. The average Bonchev–Trinajstić information content (AvgIpc) is 3.26. The highest BCUT2D eigenvalue weighted by Crippen LogP contribution is 2.28. The molecule has 6 heteroatoms. The number of amides is 2. The predicted molar refractivity (Wildman–Crippen MR) is 80.0 cm³/mol. The lowest BCUT2D eigenvalue weighted by Gasteiger charge is -2.07. The van der Waals surface area contributed by atoms with Crippen LogP contribution in [0.15, 0.2) is 41.3 Å². The van der Waals surface area contributed by atoms with Crippen molar-refractivity contribution >= 4 is 11.8 Å². The van der Waals surface area contributed by atoms with E-state index in [-0.39, 0.29) is 17.7 Å². The molecule has 0 aliphatic heterocycles. The first-order valence-electron chi connectivity index (χ1n) is 7.29. The van der Waals surface area contributed by atoms with Gasteiger partial charge in [-0.2, -0.15) is 0 Å². The summed E-state index contributed by atoms with van der Waals surface area (Å²) < 4.78 is 5.19. The molecule has 0 spiro atoms. The highest BCUT2D eigenvalue weighted by Gasteiger charge is 2.28. The van der Waals surface area contributed by atoms with Crippen molar-refractivity contribution in [2.24, 2.45) is 5.92 Å². The summed E-state index contributed by atoms with van der Waals surface area (Å²) >= 11 is 0. The summed E-state index contributed by atoms with van der Waals surface area (Å²) in [5.74, 6) is 0.782. The van der Waals surface area contributed by atoms with E-state index in [2.05, 4.69) is 15.6 Å². The van der Waals surface area contributed by atoms with Gasteiger partial charge in [-0.25, -0.2) is 4.98 Å². The van der Waals surface area contributed by atoms with Crippen LogP contribution in [0.25, 0.3) is 11.3 Å². The molecule has 3 rings (SSSR count). The number of nitrogens with zero attached hydrogens (tertiary/aromatic N) is 1. The van der Waals surface area contributed by atoms with Crippen LogP contribution in [0.4, 0.5) is 0 Å². The van der Waals surface area contributed by atoms with E-state index in [4.69, 9.17) is 4.42 Å². The van der Waals surface area contributed by atoms with E-state index in [9.17, 15) is 9.59 Å². The maximum atomic E-state index is 12.0. The van der Waals surface area contributed by atoms with E-state index in [1.165, 1.54) is 6.39 Å². The molecule has 0 saturated heterocycles. The number of benzene rings is 1. The molecule has 2 aromatic rings. The molecule has 1 fully saturated rings. The number of rotatable bonds is 6. The Morgan fingerprint density at radius 3 is 2.50 bits per heavy atom. The normalized spacial score (nSPS) is 13.6. The van der Waals surface area contributed by atoms with E-state index in [1.807, 2.05) is 12.1 Å². The maximum absolute atomic E-state index is 12.0. The summed E-state index contributed by atoms with van der Waals surface area (Å²) in [6.07, 6.45) is 4.95. The van der Waals surface area contributed by atoms with Crippen molar-refractivity contribution in [2.75, 3.05) is 13.1 Å². The van der Waals surface area contributed by atoms with Gasteiger partial charge in [-0.1, -0.05) is 12.1 Å². The summed E-state index contributed by atoms with van der Waals surface area (Å²) in [6.45, 7) is 0.873. The first-order valence-corrected chi connectivity index (χ1v) is 7.29. The topological polar surface area (TPSA) is 84.2 Å². The average molecular weight is 299 g/mol. The van der Waals surface area contributed by atoms with Gasteiger partial charge in [0.25, 0.3) is 5.91 Å². The second-order valence-electron chi connectivity index (χ2n) is 5.26. The molecule has 114 valence electrons. The van der Waals surface area contributed by atoms with Gasteiger partial charge in [0.15, 0.2) is 12.2 Å². The van der Waals surface area contributed by atoms with Crippen LogP contribution in [-0.4, -0.2) is 29.9 Å². The van der Waals surface area contributed by atoms with Gasteiger partial charge in [-0.15, -0.1) is 0 Å². The Labute approximate surface area is 127 Å². The van der Waals surface area contributed by atoms with Crippen molar-refractivity contribution in [3.05, 3.63) is 42.4 Å². The standard InChI is InChI=1S/C16H17N3O3/c20-15(18-7-8-19-16(21)13-5-6-13)12-3-1-11(2-4-12)14-9-17-10-22-14/h1-4,9-10,13H,5-8H2,(H,18,20)(H,19,21). The predicted octanol–water partition coefficient (Wildman–Crippen LogP) is 1.60. The van der Waals surface area contributed by atoms with E-state index in [1.54, 1.807) is 18.3 Å². The summed E-state index contributed by atoms with van der Waals surface area (Å²) in [5.41, 5.74) is 1.43. The third-order valence-corrected chi connectivity index (χ3v) is 3.52. The largest absolute Gasteiger partial charge is 0.444 e. The van der Waals surface area contributed by atoms with Gasteiger partial charge in [0, 0.05) is 30.1 Å². The number of carbonyl (C=O) groups is 2. The number of oxazole rings is 1. The van der Waals surface area contributed by atoms with Crippen LogP contribution in [0.5, 0.6) is 0 Å². The molecule has 1 heterocycles. The second-order valence-corrected chi connectivity index (χ2v) is 5.26. The zero-order valence-corrected chi connectivity index (χ0v) is 12.0. The third kappa shape index (κ3) is 3.52. The third-order valence-electron chi connectivity index (χ3n) is 3.52. The molecule has 2 N–H and O–H groups in total. The number of hydrogen-bond donors (Lipinski definition) is 2. The molecule has 22 heavy (non-hydrogen) atoms. The van der Waals surface area contributed by atoms with Crippen molar-refractivity contribution in [3.8, 4) is 11.3 Å². The summed E-state index contributed by atoms with van der Waals surface area (Å²) in [7, 11) is 0. The molecular weight excluding hydrogens is 282 g/mol. The number of carbonyl (C=O) groups excluding carboxylic acids is 2. The monoisotopic (exact) mass is 299 g/mol. The maximum Gasteiger partial charge on any atom is 0.251 e. The van der Waals surface area contributed by atoms with Crippen molar-refractivity contribution in [3.63, 3.8) is 0 Å². The zero-order valence-electron chi connectivity index (χ0n) is 12.0. The first kappa shape index (κ1) is 14.3. The molecule has 2 amide bonds. The van der Waals surface area contributed by atoms with Crippen molar-refractivity contribution < 1.29 is 14.0 Å². The smallest absolute Gasteiger partial charge is 0.251 e. The van der Waals surface area contributed by atoms with Crippen LogP contribution in [0.3, 0.4) is 0 Å². The fourth-order valence-corrected chi connectivity index (χ4v) is 2.10. The molecule has 1 aromatic carbocycles. The van der Waals surface area contributed by atoms with E-state index in [0.717, 1.165) is 18.4 Å². The minimum atomic E-state index is -0.162. The lowest BCUT2D eigenvalue weighted by atomic mass is 10.1. The Kier molecular flexibility index (Phi) is 4.18. The highest BCUT2D eigenvalue weighted by atomic mass is 16.3. The lowest BCUT2D eigenvalue weighted by Crippen LogP contribution is -2.35. The van der Waals surface area contributed by atoms with Crippen molar-refractivity contribution in [2.45, 2.75) is 12.8 Å². The van der Waals surface area contributed by atoms with Gasteiger partial charge in [0.05, 0.1) is 6.20 Å². The molecule has 6 nitrogen and oxygen atoms in total. The Bertz CT molecular complexity index is 646.